The Bertz CT molecular complexity index is 531. The molecule has 134 valence electrons. The molecule has 1 aromatic rings. The van der Waals surface area contributed by atoms with Gasteiger partial charge in [-0.1, -0.05) is 24.3 Å². The molecule has 6 heteroatoms. The summed E-state index contributed by atoms with van der Waals surface area (Å²) in [6, 6.07) is 7.07. The molecule has 6 nitrogen and oxygen atoms in total. The van der Waals surface area contributed by atoms with Crippen molar-refractivity contribution in [3.8, 4) is 0 Å². The van der Waals surface area contributed by atoms with Crippen molar-refractivity contribution in [2.75, 3.05) is 0 Å². The number of esters is 2. The molecule has 2 unspecified atom stereocenters. The van der Waals surface area contributed by atoms with Gasteiger partial charge in [-0.3, -0.25) is 0 Å². The van der Waals surface area contributed by atoms with Crippen LogP contribution < -0.4 is 0 Å². The number of ether oxygens (including phenoxy) is 2. The van der Waals surface area contributed by atoms with Gasteiger partial charge in [-0.15, -0.1) is 0 Å². The van der Waals surface area contributed by atoms with E-state index in [1.165, 1.54) is 13.8 Å². The number of aliphatic hydroxyl groups excluding tert-OH is 2. The van der Waals surface area contributed by atoms with Crippen LogP contribution in [0, 0.1) is 0 Å². The van der Waals surface area contributed by atoms with Crippen LogP contribution in [-0.2, 0) is 30.3 Å². The van der Waals surface area contributed by atoms with Gasteiger partial charge in [0.1, 0.15) is 23.4 Å². The van der Waals surface area contributed by atoms with Crippen LogP contribution in [0.1, 0.15) is 52.7 Å². The zero-order valence-electron chi connectivity index (χ0n) is 15.0. The molecule has 24 heavy (non-hydrogen) atoms. The van der Waals surface area contributed by atoms with Crippen molar-refractivity contribution in [2.24, 2.45) is 0 Å². The summed E-state index contributed by atoms with van der Waals surface area (Å²) in [5.74, 6) is -1.40. The van der Waals surface area contributed by atoms with Crippen molar-refractivity contribution in [1.29, 1.82) is 0 Å². The molecule has 0 heterocycles. The minimum absolute atomic E-state index is 0.699. The predicted molar refractivity (Wildman–Crippen MR) is 88.0 cm³/mol. The monoisotopic (exact) mass is 338 g/mol. The Kier molecular flexibility index (Phi) is 6.14. The topological polar surface area (TPSA) is 93.1 Å². The van der Waals surface area contributed by atoms with E-state index in [-0.39, 0.29) is 0 Å². The second-order valence-corrected chi connectivity index (χ2v) is 6.79. The van der Waals surface area contributed by atoms with E-state index in [0.29, 0.717) is 0 Å². The summed E-state index contributed by atoms with van der Waals surface area (Å²) in [5.41, 5.74) is -0.351. The summed E-state index contributed by atoms with van der Waals surface area (Å²) in [4.78, 5) is 23.2. The molecule has 0 bridgehead atoms. The lowest BCUT2D eigenvalue weighted by Crippen LogP contribution is -2.32. The molecule has 1 rings (SSSR count). The number of hydrogen-bond acceptors (Lipinski definition) is 6. The fraction of sp³-hybridized carbons (Fsp3) is 0.556. The lowest BCUT2D eigenvalue weighted by atomic mass is 9.92. The SMILES string of the molecule is CC(O)C(=O)OC(C)(C)c1ccc(C(C)(C)OC(=O)C(C)O)cc1. The minimum Gasteiger partial charge on any atom is -0.453 e. The highest BCUT2D eigenvalue weighted by Gasteiger charge is 2.30. The third kappa shape index (κ3) is 5.04. The highest BCUT2D eigenvalue weighted by Crippen LogP contribution is 2.30. The molecule has 0 aliphatic heterocycles. The first-order valence-corrected chi connectivity index (χ1v) is 7.79. The molecule has 0 amide bonds. The van der Waals surface area contributed by atoms with E-state index in [1.807, 2.05) is 0 Å². The molecule has 0 fully saturated rings. The van der Waals surface area contributed by atoms with E-state index in [2.05, 4.69) is 0 Å². The molecule has 0 spiro atoms. The second kappa shape index (κ2) is 7.32. The Hall–Kier alpha value is -1.92. The fourth-order valence-electron chi connectivity index (χ4n) is 2.06. The average molecular weight is 338 g/mol. The van der Waals surface area contributed by atoms with Crippen molar-refractivity contribution in [3.63, 3.8) is 0 Å². The number of carbonyl (C=O) groups is 2. The van der Waals surface area contributed by atoms with Gasteiger partial charge in [0, 0.05) is 0 Å². The van der Waals surface area contributed by atoms with Crippen LogP contribution >= 0.6 is 0 Å². The fourth-order valence-corrected chi connectivity index (χ4v) is 2.06. The van der Waals surface area contributed by atoms with E-state index < -0.39 is 35.3 Å². The maximum Gasteiger partial charge on any atom is 0.335 e. The molecule has 1 aromatic carbocycles. The molecular formula is C18H26O6. The summed E-state index contributed by atoms with van der Waals surface area (Å²) < 4.78 is 10.6. The second-order valence-electron chi connectivity index (χ2n) is 6.79. The van der Waals surface area contributed by atoms with Crippen molar-refractivity contribution in [1.82, 2.24) is 0 Å². The normalized spacial score (nSPS) is 14.7. The first-order valence-electron chi connectivity index (χ1n) is 7.79. The average Bonchev–Trinajstić information content (AvgIpc) is 2.46. The molecule has 0 saturated carbocycles. The van der Waals surface area contributed by atoms with Gasteiger partial charge in [0.25, 0.3) is 0 Å². The van der Waals surface area contributed by atoms with Crippen LogP contribution in [0.5, 0.6) is 0 Å². The maximum atomic E-state index is 11.6. The van der Waals surface area contributed by atoms with Gasteiger partial charge >= 0.3 is 11.9 Å². The van der Waals surface area contributed by atoms with E-state index in [0.717, 1.165) is 11.1 Å². The zero-order chi connectivity index (χ0) is 18.7. The Morgan fingerprint density at radius 2 is 1.04 bits per heavy atom. The van der Waals surface area contributed by atoms with Gasteiger partial charge in [-0.05, 0) is 52.7 Å². The van der Waals surface area contributed by atoms with E-state index in [9.17, 15) is 19.8 Å². The quantitative estimate of drug-likeness (QED) is 0.771. The summed E-state index contributed by atoms with van der Waals surface area (Å²) in [5, 5.41) is 18.5. The lowest BCUT2D eigenvalue weighted by Gasteiger charge is -2.29. The summed E-state index contributed by atoms with van der Waals surface area (Å²) in [7, 11) is 0. The highest BCUT2D eigenvalue weighted by molar-refractivity contribution is 5.75. The number of benzene rings is 1. The van der Waals surface area contributed by atoms with Crippen LogP contribution in [0.4, 0.5) is 0 Å². The van der Waals surface area contributed by atoms with Crippen molar-refractivity contribution in [3.05, 3.63) is 35.4 Å². The summed E-state index contributed by atoms with van der Waals surface area (Å²) in [6.07, 6.45) is -2.38. The zero-order valence-corrected chi connectivity index (χ0v) is 15.0. The van der Waals surface area contributed by atoms with Gasteiger partial charge in [0.2, 0.25) is 0 Å². The third-order valence-corrected chi connectivity index (χ3v) is 3.67. The molecule has 0 radical (unpaired) electrons. The van der Waals surface area contributed by atoms with Crippen LogP contribution in [0.3, 0.4) is 0 Å². The highest BCUT2D eigenvalue weighted by atomic mass is 16.6. The largest absolute Gasteiger partial charge is 0.453 e. The third-order valence-electron chi connectivity index (χ3n) is 3.67. The Balaban J connectivity index is 2.95. The molecule has 0 aromatic heterocycles. The van der Waals surface area contributed by atoms with E-state index in [4.69, 9.17) is 9.47 Å². The van der Waals surface area contributed by atoms with Crippen molar-refractivity contribution in [2.45, 2.75) is 65.0 Å². The van der Waals surface area contributed by atoms with Gasteiger partial charge in [0.05, 0.1) is 0 Å². The molecule has 0 aliphatic carbocycles. The van der Waals surface area contributed by atoms with Gasteiger partial charge in [0.15, 0.2) is 0 Å². The van der Waals surface area contributed by atoms with Gasteiger partial charge in [-0.2, -0.15) is 0 Å². The van der Waals surface area contributed by atoms with Gasteiger partial charge in [-0.25, -0.2) is 9.59 Å². The van der Waals surface area contributed by atoms with Crippen LogP contribution in [0.2, 0.25) is 0 Å². The van der Waals surface area contributed by atoms with Crippen LogP contribution in [0.25, 0.3) is 0 Å². The van der Waals surface area contributed by atoms with E-state index >= 15 is 0 Å². The standard InChI is InChI=1S/C18H26O6/c1-11(19)15(21)23-17(3,4)13-7-9-14(10-8-13)18(5,6)24-16(22)12(2)20/h7-12,19-20H,1-6H3. The maximum absolute atomic E-state index is 11.6. The Labute approximate surface area is 142 Å². The van der Waals surface area contributed by atoms with E-state index in [1.54, 1.807) is 52.0 Å². The lowest BCUT2D eigenvalue weighted by molar-refractivity contribution is -0.167. The van der Waals surface area contributed by atoms with Crippen LogP contribution in [0.15, 0.2) is 24.3 Å². The number of carbonyl (C=O) groups excluding carboxylic acids is 2. The predicted octanol–water partition coefficient (Wildman–Crippen LogP) is 2.00. The molecule has 0 saturated heterocycles. The minimum atomic E-state index is -1.19. The Morgan fingerprint density at radius 3 is 1.25 bits per heavy atom. The summed E-state index contributed by atoms with van der Waals surface area (Å²) >= 11 is 0. The molecule has 2 atom stereocenters. The smallest absolute Gasteiger partial charge is 0.335 e. The molecular weight excluding hydrogens is 312 g/mol. The first kappa shape index (κ1) is 20.1. The number of aliphatic hydroxyl groups is 2. The van der Waals surface area contributed by atoms with Crippen molar-refractivity contribution < 1.29 is 29.3 Å². The number of rotatable bonds is 6. The first-order chi connectivity index (χ1) is 10.9. The molecule has 2 N–H and O–H groups in total. The Morgan fingerprint density at radius 1 is 0.792 bits per heavy atom. The van der Waals surface area contributed by atoms with Crippen LogP contribution in [-0.4, -0.2) is 34.4 Å². The molecule has 0 aliphatic rings. The van der Waals surface area contributed by atoms with Crippen molar-refractivity contribution >= 4 is 11.9 Å². The number of hydrogen-bond donors (Lipinski definition) is 2. The summed E-state index contributed by atoms with van der Waals surface area (Å²) in [6.45, 7) is 9.59. The van der Waals surface area contributed by atoms with Gasteiger partial charge < -0.3 is 19.7 Å².